The van der Waals surface area contributed by atoms with Crippen LogP contribution >= 0.6 is 0 Å². The number of nitrogens with zero attached hydrogens (tertiary/aromatic N) is 3. The molecule has 2 unspecified atom stereocenters. The summed E-state index contributed by atoms with van der Waals surface area (Å²) in [6.07, 6.45) is 5.70. The number of hydrogen-bond acceptors (Lipinski definition) is 4. The molecular weight excluding hydrogens is 202 g/mol. The molecule has 5 heteroatoms. The van der Waals surface area contributed by atoms with Gasteiger partial charge in [-0.3, -0.25) is 9.58 Å². The fourth-order valence-corrected chi connectivity index (χ4v) is 3.05. The molecule has 3 heterocycles. The summed E-state index contributed by atoms with van der Waals surface area (Å²) in [5.74, 6) is 0.848. The molecule has 0 saturated carbocycles. The van der Waals surface area contributed by atoms with Gasteiger partial charge in [0.2, 0.25) is 0 Å². The van der Waals surface area contributed by atoms with Gasteiger partial charge in [0, 0.05) is 31.9 Å². The second-order valence-electron chi connectivity index (χ2n) is 4.89. The van der Waals surface area contributed by atoms with Gasteiger partial charge < -0.3 is 11.1 Å². The Morgan fingerprint density at radius 3 is 3.06 bits per heavy atom. The Kier molecular flexibility index (Phi) is 2.28. The minimum atomic E-state index is 0.528. The van der Waals surface area contributed by atoms with Gasteiger partial charge in [0.05, 0.1) is 5.69 Å². The zero-order valence-corrected chi connectivity index (χ0v) is 9.69. The van der Waals surface area contributed by atoms with Crippen molar-refractivity contribution in [1.82, 2.24) is 14.7 Å². The van der Waals surface area contributed by atoms with Crippen LogP contribution in [-0.2, 0) is 7.05 Å². The Balaban J connectivity index is 1.73. The first kappa shape index (κ1) is 9.96. The minimum absolute atomic E-state index is 0.528. The highest BCUT2D eigenvalue weighted by Gasteiger charge is 2.37. The topological polar surface area (TPSA) is 59.1 Å². The zero-order chi connectivity index (χ0) is 11.1. The Morgan fingerprint density at radius 1 is 1.44 bits per heavy atom. The largest absolute Gasteiger partial charge is 0.394 e. The van der Waals surface area contributed by atoms with Crippen molar-refractivity contribution in [2.75, 3.05) is 24.1 Å². The third-order valence-electron chi connectivity index (χ3n) is 3.79. The van der Waals surface area contributed by atoms with E-state index in [0.29, 0.717) is 12.1 Å². The van der Waals surface area contributed by atoms with E-state index in [0.717, 1.165) is 11.5 Å². The quantitative estimate of drug-likeness (QED) is 0.770. The Hall–Kier alpha value is -1.23. The van der Waals surface area contributed by atoms with E-state index in [4.69, 9.17) is 5.73 Å². The smallest absolute Gasteiger partial charge is 0.171 e. The van der Waals surface area contributed by atoms with Crippen molar-refractivity contribution < 1.29 is 0 Å². The molecular formula is C11H19N5. The highest BCUT2D eigenvalue weighted by atomic mass is 15.3. The summed E-state index contributed by atoms with van der Waals surface area (Å²) >= 11 is 0. The van der Waals surface area contributed by atoms with E-state index in [1.165, 1.54) is 32.4 Å². The lowest BCUT2D eigenvalue weighted by atomic mass is 10.1. The number of aromatic nitrogens is 2. The van der Waals surface area contributed by atoms with Gasteiger partial charge in [0.25, 0.3) is 0 Å². The molecule has 0 amide bonds. The number of hydrogen-bond donors (Lipinski definition) is 2. The number of nitrogens with one attached hydrogen (secondary N) is 1. The van der Waals surface area contributed by atoms with Gasteiger partial charge >= 0.3 is 0 Å². The van der Waals surface area contributed by atoms with E-state index in [1.807, 2.05) is 13.2 Å². The van der Waals surface area contributed by atoms with Crippen LogP contribution in [0.15, 0.2) is 6.20 Å². The molecule has 88 valence electrons. The molecule has 2 aliphatic rings. The maximum absolute atomic E-state index is 5.90. The molecule has 2 fully saturated rings. The number of nitrogens with two attached hydrogens (primary N) is 1. The first-order valence-electron chi connectivity index (χ1n) is 6.04. The SMILES string of the molecule is Cn1cc(N)c(NC2CCN3CCCC23)n1. The summed E-state index contributed by atoms with van der Waals surface area (Å²) in [7, 11) is 1.90. The van der Waals surface area contributed by atoms with Crippen molar-refractivity contribution in [3.8, 4) is 0 Å². The van der Waals surface area contributed by atoms with Gasteiger partial charge in [-0.15, -0.1) is 0 Å². The lowest BCUT2D eigenvalue weighted by Crippen LogP contribution is -2.34. The van der Waals surface area contributed by atoms with E-state index in [9.17, 15) is 0 Å². The Morgan fingerprint density at radius 2 is 2.31 bits per heavy atom. The maximum Gasteiger partial charge on any atom is 0.171 e. The van der Waals surface area contributed by atoms with Crippen LogP contribution in [0.4, 0.5) is 11.5 Å². The van der Waals surface area contributed by atoms with E-state index in [2.05, 4.69) is 15.3 Å². The summed E-state index contributed by atoms with van der Waals surface area (Å²) in [5, 5.41) is 7.85. The number of nitrogen functional groups attached to an aromatic ring is 1. The van der Waals surface area contributed by atoms with E-state index < -0.39 is 0 Å². The predicted molar refractivity (Wildman–Crippen MR) is 64.2 cm³/mol. The molecule has 0 spiro atoms. The number of fused-ring (bicyclic) bond motifs is 1. The van der Waals surface area contributed by atoms with Gasteiger partial charge in [-0.25, -0.2) is 0 Å². The van der Waals surface area contributed by atoms with E-state index in [-0.39, 0.29) is 0 Å². The monoisotopic (exact) mass is 221 g/mol. The second-order valence-corrected chi connectivity index (χ2v) is 4.89. The van der Waals surface area contributed by atoms with Crippen molar-refractivity contribution in [2.24, 2.45) is 7.05 Å². The summed E-state index contributed by atoms with van der Waals surface area (Å²) in [6.45, 7) is 2.48. The van der Waals surface area contributed by atoms with Crippen LogP contribution < -0.4 is 11.1 Å². The molecule has 1 aromatic rings. The number of anilines is 2. The van der Waals surface area contributed by atoms with Crippen LogP contribution in [0.1, 0.15) is 19.3 Å². The molecule has 2 atom stereocenters. The average molecular weight is 221 g/mol. The van der Waals surface area contributed by atoms with Crippen LogP contribution in [0.5, 0.6) is 0 Å². The van der Waals surface area contributed by atoms with Gasteiger partial charge in [-0.2, -0.15) is 5.10 Å². The lowest BCUT2D eigenvalue weighted by molar-refractivity contribution is 0.318. The highest BCUT2D eigenvalue weighted by Crippen LogP contribution is 2.30. The Bertz CT molecular complexity index is 386. The fraction of sp³-hybridized carbons (Fsp3) is 0.727. The van der Waals surface area contributed by atoms with Gasteiger partial charge in [-0.1, -0.05) is 0 Å². The number of aryl methyl sites for hydroxylation is 1. The second kappa shape index (κ2) is 3.66. The third kappa shape index (κ3) is 1.55. The normalized spacial score (nSPS) is 29.6. The summed E-state index contributed by atoms with van der Waals surface area (Å²) < 4.78 is 1.76. The fourth-order valence-electron chi connectivity index (χ4n) is 3.05. The van der Waals surface area contributed by atoms with Crippen LogP contribution in [-0.4, -0.2) is 39.9 Å². The molecule has 0 aliphatic carbocycles. The number of rotatable bonds is 2. The molecule has 3 N–H and O–H groups in total. The van der Waals surface area contributed by atoms with Crippen LogP contribution in [0.25, 0.3) is 0 Å². The summed E-state index contributed by atoms with van der Waals surface area (Å²) in [5.41, 5.74) is 6.65. The van der Waals surface area contributed by atoms with Crippen molar-refractivity contribution in [2.45, 2.75) is 31.3 Å². The standard InChI is InChI=1S/C11H19N5/c1-15-7-8(12)11(14-15)13-9-4-6-16-5-2-3-10(9)16/h7,9-10H,2-6,12H2,1H3,(H,13,14). The molecule has 5 nitrogen and oxygen atoms in total. The minimum Gasteiger partial charge on any atom is -0.394 e. The lowest BCUT2D eigenvalue weighted by Gasteiger charge is -2.21. The van der Waals surface area contributed by atoms with Gasteiger partial charge in [0.1, 0.15) is 0 Å². The van der Waals surface area contributed by atoms with Crippen LogP contribution in [0.3, 0.4) is 0 Å². The van der Waals surface area contributed by atoms with Gasteiger partial charge in [0.15, 0.2) is 5.82 Å². The Labute approximate surface area is 95.6 Å². The molecule has 0 radical (unpaired) electrons. The summed E-state index contributed by atoms with van der Waals surface area (Å²) in [6, 6.07) is 1.22. The van der Waals surface area contributed by atoms with Crippen LogP contribution in [0.2, 0.25) is 0 Å². The van der Waals surface area contributed by atoms with E-state index in [1.54, 1.807) is 4.68 Å². The molecule has 3 rings (SSSR count). The maximum atomic E-state index is 5.90. The molecule has 2 aliphatic heterocycles. The van der Waals surface area contributed by atoms with Crippen molar-refractivity contribution >= 4 is 11.5 Å². The molecule has 2 saturated heterocycles. The highest BCUT2D eigenvalue weighted by molar-refractivity contribution is 5.60. The molecule has 16 heavy (non-hydrogen) atoms. The zero-order valence-electron chi connectivity index (χ0n) is 9.69. The summed E-state index contributed by atoms with van der Waals surface area (Å²) in [4.78, 5) is 2.58. The first-order chi connectivity index (χ1) is 7.74. The van der Waals surface area contributed by atoms with Crippen molar-refractivity contribution in [3.63, 3.8) is 0 Å². The average Bonchev–Trinajstić information content (AvgIpc) is 2.86. The third-order valence-corrected chi connectivity index (χ3v) is 3.79. The molecule has 0 aromatic carbocycles. The van der Waals surface area contributed by atoms with Crippen molar-refractivity contribution in [3.05, 3.63) is 6.20 Å². The first-order valence-corrected chi connectivity index (χ1v) is 6.04. The molecule has 0 bridgehead atoms. The van der Waals surface area contributed by atoms with Crippen LogP contribution in [0, 0.1) is 0 Å². The van der Waals surface area contributed by atoms with Crippen molar-refractivity contribution in [1.29, 1.82) is 0 Å². The van der Waals surface area contributed by atoms with E-state index >= 15 is 0 Å². The molecule has 1 aromatic heterocycles. The predicted octanol–water partition coefficient (Wildman–Crippen LogP) is 0.651. The van der Waals surface area contributed by atoms with Gasteiger partial charge in [-0.05, 0) is 25.8 Å².